The van der Waals surface area contributed by atoms with E-state index in [1.54, 1.807) is 13.0 Å². The number of aryl methyl sites for hydroxylation is 5. The van der Waals surface area contributed by atoms with Crippen molar-refractivity contribution >= 4 is 33.8 Å². The molecule has 0 spiro atoms. The number of carbonyl (C=O) groups excluding carboxylic acids is 1. The van der Waals surface area contributed by atoms with E-state index in [-0.39, 0.29) is 23.1 Å². The number of hydrogen-bond donors (Lipinski definition) is 1. The minimum atomic E-state index is -3.91. The molecule has 1 amide bonds. The highest BCUT2D eigenvalue weighted by molar-refractivity contribution is 7.89. The molecule has 8 heteroatoms. The zero-order chi connectivity index (χ0) is 26.0. The Morgan fingerprint density at radius 1 is 1.03 bits per heavy atom. The zero-order valence-electron chi connectivity index (χ0n) is 21.5. The molecular weight excluding hydrogens is 474 g/mol. The Bertz CT molecular complexity index is 1380. The Kier molecular flexibility index (Phi) is 7.47. The number of piperidine rings is 1. The van der Waals surface area contributed by atoms with Crippen LogP contribution in [0.15, 0.2) is 45.8 Å². The van der Waals surface area contributed by atoms with Gasteiger partial charge in [-0.25, -0.2) is 8.42 Å². The first-order chi connectivity index (χ1) is 17.1. The van der Waals surface area contributed by atoms with E-state index in [0.717, 1.165) is 22.3 Å². The maximum absolute atomic E-state index is 13.7. The van der Waals surface area contributed by atoms with Gasteiger partial charge in [0.25, 0.3) is 0 Å². The molecule has 1 aromatic heterocycles. The minimum Gasteiger partial charge on any atom is -0.355 e. The molecule has 1 aliphatic rings. The van der Waals surface area contributed by atoms with Gasteiger partial charge in [0.15, 0.2) is 10.7 Å². The molecule has 1 atom stereocenters. The molecule has 1 saturated heterocycles. The van der Waals surface area contributed by atoms with Gasteiger partial charge in [0.2, 0.25) is 15.9 Å². The van der Waals surface area contributed by atoms with E-state index in [0.29, 0.717) is 30.8 Å². The van der Waals surface area contributed by atoms with Gasteiger partial charge in [-0.15, -0.1) is 0 Å². The SMILES string of the molecule is Cc1ccc(NC(=O)[C@@H]2CCCN(S(=O)(=O)c3c(C)noc3/C=C/c3c(C)cc(C)cc3C)C2)cc1. The van der Waals surface area contributed by atoms with Gasteiger partial charge in [0, 0.05) is 18.8 Å². The first-order valence-corrected chi connectivity index (χ1v) is 13.6. The van der Waals surface area contributed by atoms with Crippen LogP contribution in [0, 0.1) is 40.5 Å². The summed E-state index contributed by atoms with van der Waals surface area (Å²) in [5.74, 6) is -0.420. The zero-order valence-corrected chi connectivity index (χ0v) is 22.3. The van der Waals surface area contributed by atoms with Crippen molar-refractivity contribution in [1.82, 2.24) is 9.46 Å². The molecule has 1 N–H and O–H groups in total. The van der Waals surface area contributed by atoms with Crippen LogP contribution in [0.4, 0.5) is 5.69 Å². The standard InChI is InChI=1S/C28H33N3O4S/c1-18-8-10-24(11-9-18)29-28(32)23-7-6-14-31(17-23)36(33,34)27-22(5)30-35-26(27)13-12-25-20(3)15-19(2)16-21(25)4/h8-13,15-16,23H,6-7,14,17H2,1-5H3,(H,29,32)/b13-12+/t23-/m1/s1. The molecule has 0 aliphatic carbocycles. The van der Waals surface area contributed by atoms with Crippen LogP contribution < -0.4 is 5.32 Å². The summed E-state index contributed by atoms with van der Waals surface area (Å²) in [5.41, 5.74) is 6.50. The molecule has 3 aromatic rings. The number of hydrogen-bond acceptors (Lipinski definition) is 5. The number of carbonyl (C=O) groups is 1. The number of rotatable bonds is 6. The van der Waals surface area contributed by atoms with Crippen molar-refractivity contribution < 1.29 is 17.7 Å². The lowest BCUT2D eigenvalue weighted by Gasteiger charge is -2.31. The fourth-order valence-electron chi connectivity index (χ4n) is 4.80. The largest absolute Gasteiger partial charge is 0.355 e. The monoisotopic (exact) mass is 507 g/mol. The van der Waals surface area contributed by atoms with E-state index >= 15 is 0 Å². The lowest BCUT2D eigenvalue weighted by molar-refractivity contribution is -0.120. The Hall–Kier alpha value is -3.23. The van der Waals surface area contributed by atoms with Crippen molar-refractivity contribution in [2.24, 2.45) is 5.92 Å². The average Bonchev–Trinajstić information content (AvgIpc) is 3.21. The molecule has 4 rings (SSSR count). The van der Waals surface area contributed by atoms with Gasteiger partial charge >= 0.3 is 0 Å². The fourth-order valence-corrected chi connectivity index (χ4v) is 6.57. The minimum absolute atomic E-state index is 0.0563. The van der Waals surface area contributed by atoms with E-state index in [1.165, 1.54) is 9.87 Å². The smallest absolute Gasteiger partial charge is 0.248 e. The van der Waals surface area contributed by atoms with Crippen LogP contribution in [0.5, 0.6) is 0 Å². The number of anilines is 1. The number of nitrogens with one attached hydrogen (secondary N) is 1. The first-order valence-electron chi connectivity index (χ1n) is 12.2. The van der Waals surface area contributed by atoms with Gasteiger partial charge < -0.3 is 9.84 Å². The van der Waals surface area contributed by atoms with E-state index in [2.05, 4.69) is 22.6 Å². The third-order valence-corrected chi connectivity index (χ3v) is 8.67. The van der Waals surface area contributed by atoms with Crippen molar-refractivity contribution in [3.63, 3.8) is 0 Å². The van der Waals surface area contributed by atoms with Gasteiger partial charge in [-0.3, -0.25) is 4.79 Å². The predicted molar refractivity (Wildman–Crippen MR) is 142 cm³/mol. The maximum Gasteiger partial charge on any atom is 0.248 e. The fraction of sp³-hybridized carbons (Fsp3) is 0.357. The molecule has 1 aliphatic heterocycles. The third kappa shape index (κ3) is 5.44. The lowest BCUT2D eigenvalue weighted by atomic mass is 9.98. The van der Waals surface area contributed by atoms with E-state index in [4.69, 9.17) is 4.52 Å². The topological polar surface area (TPSA) is 92.5 Å². The highest BCUT2D eigenvalue weighted by Gasteiger charge is 2.37. The summed E-state index contributed by atoms with van der Waals surface area (Å²) in [6.45, 7) is 10.2. The highest BCUT2D eigenvalue weighted by atomic mass is 32.2. The highest BCUT2D eigenvalue weighted by Crippen LogP contribution is 2.30. The van der Waals surface area contributed by atoms with Gasteiger partial charge in [-0.1, -0.05) is 46.6 Å². The van der Waals surface area contributed by atoms with Crippen LogP contribution in [0.25, 0.3) is 12.2 Å². The molecule has 0 radical (unpaired) electrons. The molecule has 7 nitrogen and oxygen atoms in total. The molecule has 0 unspecified atom stereocenters. The Morgan fingerprint density at radius 2 is 1.69 bits per heavy atom. The summed E-state index contributed by atoms with van der Waals surface area (Å²) in [5, 5.41) is 6.87. The van der Waals surface area contributed by atoms with Crippen LogP contribution in [-0.2, 0) is 14.8 Å². The first kappa shape index (κ1) is 25.9. The van der Waals surface area contributed by atoms with Crippen molar-refractivity contribution in [3.05, 3.63) is 75.7 Å². The summed E-state index contributed by atoms with van der Waals surface area (Å²) in [6.07, 6.45) is 4.77. The summed E-state index contributed by atoms with van der Waals surface area (Å²) in [4.78, 5) is 13.0. The van der Waals surface area contributed by atoms with E-state index < -0.39 is 15.9 Å². The normalized spacial score (nSPS) is 17.0. The predicted octanol–water partition coefficient (Wildman–Crippen LogP) is 5.43. The Labute approximate surface area is 213 Å². The molecule has 1 fully saturated rings. The summed E-state index contributed by atoms with van der Waals surface area (Å²) in [7, 11) is -3.91. The Balaban J connectivity index is 1.56. The molecule has 2 aromatic carbocycles. The van der Waals surface area contributed by atoms with Crippen LogP contribution in [0.3, 0.4) is 0 Å². The molecular formula is C28H33N3O4S. The number of aromatic nitrogens is 1. The van der Waals surface area contributed by atoms with Crippen molar-refractivity contribution in [2.75, 3.05) is 18.4 Å². The average molecular weight is 508 g/mol. The number of benzene rings is 2. The van der Waals surface area contributed by atoms with Gasteiger partial charge in [-0.2, -0.15) is 4.31 Å². The number of amides is 1. The molecule has 0 bridgehead atoms. The van der Waals surface area contributed by atoms with Crippen LogP contribution in [-0.4, -0.2) is 36.9 Å². The maximum atomic E-state index is 13.7. The van der Waals surface area contributed by atoms with Crippen molar-refractivity contribution in [1.29, 1.82) is 0 Å². The van der Waals surface area contributed by atoms with Gasteiger partial charge in [0.1, 0.15) is 5.69 Å². The number of sulfonamides is 1. The van der Waals surface area contributed by atoms with E-state index in [1.807, 2.05) is 58.0 Å². The summed E-state index contributed by atoms with van der Waals surface area (Å²) >= 11 is 0. The number of nitrogens with zero attached hydrogens (tertiary/aromatic N) is 2. The van der Waals surface area contributed by atoms with Crippen LogP contribution >= 0.6 is 0 Å². The summed E-state index contributed by atoms with van der Waals surface area (Å²) in [6, 6.07) is 11.7. The summed E-state index contributed by atoms with van der Waals surface area (Å²) < 4.78 is 34.2. The third-order valence-electron chi connectivity index (χ3n) is 6.64. The second-order valence-corrected chi connectivity index (χ2v) is 11.5. The quantitative estimate of drug-likeness (QED) is 0.481. The lowest BCUT2D eigenvalue weighted by Crippen LogP contribution is -2.43. The molecule has 36 heavy (non-hydrogen) atoms. The van der Waals surface area contributed by atoms with Crippen molar-refractivity contribution in [3.8, 4) is 0 Å². The van der Waals surface area contributed by atoms with Crippen molar-refractivity contribution in [2.45, 2.75) is 52.4 Å². The molecule has 2 heterocycles. The Morgan fingerprint density at radius 3 is 2.36 bits per heavy atom. The van der Waals surface area contributed by atoms with Gasteiger partial charge in [-0.05, 0) is 82.4 Å². The molecule has 0 saturated carbocycles. The molecule has 190 valence electrons. The second-order valence-electron chi connectivity index (χ2n) is 9.66. The van der Waals surface area contributed by atoms with Crippen LogP contribution in [0.1, 0.15) is 52.1 Å². The second kappa shape index (κ2) is 10.4. The van der Waals surface area contributed by atoms with E-state index in [9.17, 15) is 13.2 Å². The van der Waals surface area contributed by atoms with Crippen LogP contribution in [0.2, 0.25) is 0 Å². The van der Waals surface area contributed by atoms with Gasteiger partial charge in [0.05, 0.1) is 5.92 Å².